The van der Waals surface area contributed by atoms with E-state index >= 15 is 0 Å². The minimum absolute atomic E-state index is 0.623. The molecule has 0 amide bonds. The fourth-order valence-corrected chi connectivity index (χ4v) is 3.04. The van der Waals surface area contributed by atoms with E-state index in [1.165, 1.54) is 0 Å². The number of hydrogen-bond donors (Lipinski definition) is 1. The first-order chi connectivity index (χ1) is 10.2. The topological polar surface area (TPSA) is 24.9 Å². The van der Waals surface area contributed by atoms with Crippen LogP contribution in [0, 0.1) is 0 Å². The zero-order valence-corrected chi connectivity index (χ0v) is 13.3. The molecule has 3 aromatic rings. The Bertz CT molecular complexity index is 741. The SMILES string of the molecule is Clc1ccc(Cl)c(NCc2nc(-c3ccccc3)cs2)c1. The molecule has 1 N–H and O–H groups in total. The molecule has 2 nitrogen and oxygen atoms in total. The summed E-state index contributed by atoms with van der Waals surface area (Å²) in [6.45, 7) is 0.623. The van der Waals surface area contributed by atoms with Crippen LogP contribution in [0.15, 0.2) is 53.9 Å². The molecule has 2 aromatic carbocycles. The van der Waals surface area contributed by atoms with E-state index in [4.69, 9.17) is 23.2 Å². The van der Waals surface area contributed by atoms with Gasteiger partial charge in [-0.15, -0.1) is 11.3 Å². The second-order valence-corrected chi connectivity index (χ2v) is 6.26. The fraction of sp³-hybridized carbons (Fsp3) is 0.0625. The van der Waals surface area contributed by atoms with Crippen LogP contribution in [0.1, 0.15) is 5.01 Å². The van der Waals surface area contributed by atoms with Gasteiger partial charge in [0.15, 0.2) is 0 Å². The molecule has 0 spiro atoms. The molecule has 0 saturated heterocycles. The van der Waals surface area contributed by atoms with E-state index in [1.54, 1.807) is 23.5 Å². The number of nitrogens with one attached hydrogen (secondary N) is 1. The van der Waals surface area contributed by atoms with E-state index in [-0.39, 0.29) is 0 Å². The van der Waals surface area contributed by atoms with Gasteiger partial charge in [0, 0.05) is 16.0 Å². The molecule has 1 aromatic heterocycles. The predicted octanol–water partition coefficient (Wildman–Crippen LogP) is 5.73. The van der Waals surface area contributed by atoms with Crippen molar-refractivity contribution < 1.29 is 0 Å². The largest absolute Gasteiger partial charge is 0.377 e. The summed E-state index contributed by atoms with van der Waals surface area (Å²) in [5.41, 5.74) is 2.94. The fourth-order valence-electron chi connectivity index (χ4n) is 1.94. The normalized spacial score (nSPS) is 10.6. The highest BCUT2D eigenvalue weighted by Crippen LogP contribution is 2.27. The van der Waals surface area contributed by atoms with Crippen LogP contribution in [-0.4, -0.2) is 4.98 Å². The summed E-state index contributed by atoms with van der Waals surface area (Å²) >= 11 is 13.7. The summed E-state index contributed by atoms with van der Waals surface area (Å²) in [5, 5.41) is 7.64. The Morgan fingerprint density at radius 3 is 2.67 bits per heavy atom. The smallest absolute Gasteiger partial charge is 0.112 e. The summed E-state index contributed by atoms with van der Waals surface area (Å²) < 4.78 is 0. The van der Waals surface area contributed by atoms with E-state index in [0.29, 0.717) is 16.6 Å². The van der Waals surface area contributed by atoms with Crippen molar-refractivity contribution in [1.29, 1.82) is 0 Å². The van der Waals surface area contributed by atoms with E-state index in [0.717, 1.165) is 22.0 Å². The molecule has 0 bridgehead atoms. The van der Waals surface area contributed by atoms with Crippen LogP contribution in [-0.2, 0) is 6.54 Å². The Hall–Kier alpha value is -1.55. The Labute approximate surface area is 137 Å². The van der Waals surface area contributed by atoms with Gasteiger partial charge in [-0.1, -0.05) is 53.5 Å². The molecule has 0 aliphatic rings. The first-order valence-electron chi connectivity index (χ1n) is 6.41. The van der Waals surface area contributed by atoms with Gasteiger partial charge in [0.2, 0.25) is 0 Å². The van der Waals surface area contributed by atoms with Crippen molar-refractivity contribution in [2.75, 3.05) is 5.32 Å². The molecule has 0 aliphatic heterocycles. The molecule has 5 heteroatoms. The number of nitrogens with zero attached hydrogens (tertiary/aromatic N) is 1. The lowest BCUT2D eigenvalue weighted by atomic mass is 10.2. The number of rotatable bonds is 4. The molecule has 0 aliphatic carbocycles. The number of benzene rings is 2. The first kappa shape index (κ1) is 14.4. The maximum absolute atomic E-state index is 6.13. The van der Waals surface area contributed by atoms with Crippen LogP contribution in [0.25, 0.3) is 11.3 Å². The van der Waals surface area contributed by atoms with Crippen molar-refractivity contribution in [2.45, 2.75) is 6.54 Å². The highest BCUT2D eigenvalue weighted by Gasteiger charge is 2.06. The van der Waals surface area contributed by atoms with Crippen molar-refractivity contribution in [2.24, 2.45) is 0 Å². The Balaban J connectivity index is 1.72. The number of aromatic nitrogens is 1. The van der Waals surface area contributed by atoms with E-state index in [2.05, 4.69) is 27.8 Å². The lowest BCUT2D eigenvalue weighted by Gasteiger charge is -2.06. The minimum Gasteiger partial charge on any atom is -0.377 e. The standard InChI is InChI=1S/C16H12Cl2N2S/c17-12-6-7-13(18)14(8-12)19-9-16-20-15(10-21-16)11-4-2-1-3-5-11/h1-8,10,19H,9H2. The van der Waals surface area contributed by atoms with Gasteiger partial charge in [0.05, 0.1) is 22.9 Å². The molecule has 106 valence electrons. The van der Waals surface area contributed by atoms with Gasteiger partial charge in [0.25, 0.3) is 0 Å². The van der Waals surface area contributed by atoms with Gasteiger partial charge in [0.1, 0.15) is 5.01 Å². The van der Waals surface area contributed by atoms with Crippen molar-refractivity contribution in [3.8, 4) is 11.3 Å². The number of halogens is 2. The quantitative estimate of drug-likeness (QED) is 0.659. The molecule has 0 radical (unpaired) electrons. The van der Waals surface area contributed by atoms with E-state index in [9.17, 15) is 0 Å². The van der Waals surface area contributed by atoms with Gasteiger partial charge in [-0.2, -0.15) is 0 Å². The lowest BCUT2D eigenvalue weighted by molar-refractivity contribution is 1.11. The molecule has 1 heterocycles. The predicted molar refractivity (Wildman–Crippen MR) is 91.3 cm³/mol. The average molecular weight is 335 g/mol. The van der Waals surface area contributed by atoms with Gasteiger partial charge >= 0.3 is 0 Å². The van der Waals surface area contributed by atoms with Crippen LogP contribution < -0.4 is 5.32 Å². The van der Waals surface area contributed by atoms with Crippen molar-refractivity contribution in [1.82, 2.24) is 4.98 Å². The van der Waals surface area contributed by atoms with Gasteiger partial charge in [-0.05, 0) is 18.2 Å². The van der Waals surface area contributed by atoms with E-state index < -0.39 is 0 Å². The average Bonchev–Trinajstić information content (AvgIpc) is 2.98. The molecular formula is C16H12Cl2N2S. The van der Waals surface area contributed by atoms with Crippen LogP contribution in [0.5, 0.6) is 0 Å². The Morgan fingerprint density at radius 1 is 1.05 bits per heavy atom. The molecule has 0 fully saturated rings. The molecule has 0 unspecified atom stereocenters. The zero-order chi connectivity index (χ0) is 14.7. The van der Waals surface area contributed by atoms with Crippen LogP contribution in [0.2, 0.25) is 10.0 Å². The second kappa shape index (κ2) is 6.48. The number of thiazole rings is 1. The summed E-state index contributed by atoms with van der Waals surface area (Å²) in [7, 11) is 0. The maximum Gasteiger partial charge on any atom is 0.112 e. The van der Waals surface area contributed by atoms with E-state index in [1.807, 2.05) is 24.3 Å². The van der Waals surface area contributed by atoms with Crippen LogP contribution >= 0.6 is 34.5 Å². The number of hydrogen-bond acceptors (Lipinski definition) is 3. The Morgan fingerprint density at radius 2 is 1.86 bits per heavy atom. The lowest BCUT2D eigenvalue weighted by Crippen LogP contribution is -1.99. The first-order valence-corrected chi connectivity index (χ1v) is 8.05. The highest BCUT2D eigenvalue weighted by atomic mass is 35.5. The summed E-state index contributed by atoms with van der Waals surface area (Å²) in [6.07, 6.45) is 0. The van der Waals surface area contributed by atoms with Crippen molar-refractivity contribution in [3.05, 3.63) is 69.0 Å². The van der Waals surface area contributed by atoms with Crippen molar-refractivity contribution in [3.63, 3.8) is 0 Å². The minimum atomic E-state index is 0.623. The molecule has 21 heavy (non-hydrogen) atoms. The molecular weight excluding hydrogens is 323 g/mol. The number of anilines is 1. The van der Waals surface area contributed by atoms with Crippen LogP contribution in [0.3, 0.4) is 0 Å². The summed E-state index contributed by atoms with van der Waals surface area (Å²) in [5.74, 6) is 0. The van der Waals surface area contributed by atoms with Gasteiger partial charge in [-0.3, -0.25) is 0 Å². The van der Waals surface area contributed by atoms with Crippen molar-refractivity contribution >= 4 is 40.2 Å². The molecule has 3 rings (SSSR count). The molecule has 0 saturated carbocycles. The monoisotopic (exact) mass is 334 g/mol. The van der Waals surface area contributed by atoms with Gasteiger partial charge in [-0.25, -0.2) is 4.98 Å². The van der Waals surface area contributed by atoms with Gasteiger partial charge < -0.3 is 5.32 Å². The third-order valence-electron chi connectivity index (χ3n) is 2.98. The maximum atomic E-state index is 6.13. The summed E-state index contributed by atoms with van der Waals surface area (Å²) in [6, 6.07) is 15.5. The highest BCUT2D eigenvalue weighted by molar-refractivity contribution is 7.10. The Kier molecular flexibility index (Phi) is 4.44. The zero-order valence-electron chi connectivity index (χ0n) is 11.0. The third kappa shape index (κ3) is 3.56. The second-order valence-electron chi connectivity index (χ2n) is 4.47. The van der Waals surface area contributed by atoms with Crippen LogP contribution in [0.4, 0.5) is 5.69 Å². The molecule has 0 atom stereocenters. The summed E-state index contributed by atoms with van der Waals surface area (Å²) in [4.78, 5) is 4.63. The third-order valence-corrected chi connectivity index (χ3v) is 4.39.